The maximum atomic E-state index is 11.9. The summed E-state index contributed by atoms with van der Waals surface area (Å²) < 4.78 is 5.63. The largest absolute Gasteiger partial charge is 0.490 e. The number of carbonyl (C=O) groups is 1. The smallest absolute Gasteiger partial charge is 0.233 e. The van der Waals surface area contributed by atoms with Gasteiger partial charge in [-0.3, -0.25) is 4.79 Å². The highest BCUT2D eigenvalue weighted by atomic mass is 16.5. The lowest BCUT2D eigenvalue weighted by Crippen LogP contribution is -2.33. The normalized spacial score (nSPS) is 18.5. The van der Waals surface area contributed by atoms with Crippen LogP contribution in [0.5, 0.6) is 5.75 Å². The first kappa shape index (κ1) is 10.0. The highest BCUT2D eigenvalue weighted by Gasteiger charge is 2.32. The van der Waals surface area contributed by atoms with Crippen molar-refractivity contribution in [3.63, 3.8) is 0 Å². The highest BCUT2D eigenvalue weighted by Crippen LogP contribution is 2.34. The van der Waals surface area contributed by atoms with E-state index in [2.05, 4.69) is 5.32 Å². The predicted octanol–water partition coefficient (Wildman–Crippen LogP) is 2.35. The third kappa shape index (κ3) is 1.69. The van der Waals surface area contributed by atoms with E-state index < -0.39 is 5.41 Å². The molecular weight excluding hydrogens is 190 g/mol. The van der Waals surface area contributed by atoms with Crippen molar-refractivity contribution in [3.8, 4) is 5.75 Å². The summed E-state index contributed by atoms with van der Waals surface area (Å²) in [7, 11) is 0. The number of benzene rings is 1. The maximum Gasteiger partial charge on any atom is 0.233 e. The molecule has 3 heteroatoms. The molecule has 0 unspecified atom stereocenters. The molecule has 1 aromatic carbocycles. The van der Waals surface area contributed by atoms with Crippen LogP contribution in [-0.2, 0) is 4.79 Å². The number of carbonyl (C=O) groups excluding carboxylic acids is 1. The van der Waals surface area contributed by atoms with Gasteiger partial charge in [-0.1, -0.05) is 12.1 Å². The molecule has 1 aliphatic heterocycles. The summed E-state index contributed by atoms with van der Waals surface area (Å²) in [5, 5.41) is 2.92. The van der Waals surface area contributed by atoms with Gasteiger partial charge in [-0.05, 0) is 32.4 Å². The van der Waals surface area contributed by atoms with Crippen LogP contribution in [0.25, 0.3) is 0 Å². The number of amides is 1. The van der Waals surface area contributed by atoms with Crippen LogP contribution in [0, 0.1) is 12.3 Å². The third-order valence-corrected chi connectivity index (χ3v) is 2.68. The monoisotopic (exact) mass is 205 g/mol. The Kier molecular flexibility index (Phi) is 2.18. The summed E-state index contributed by atoms with van der Waals surface area (Å²) in [6.07, 6.45) is 0. The molecule has 1 aromatic rings. The second kappa shape index (κ2) is 3.26. The van der Waals surface area contributed by atoms with Crippen molar-refractivity contribution in [2.24, 2.45) is 5.41 Å². The van der Waals surface area contributed by atoms with E-state index >= 15 is 0 Å². The minimum atomic E-state index is -0.481. The Balaban J connectivity index is 2.45. The Morgan fingerprint density at radius 1 is 1.40 bits per heavy atom. The number of hydrogen-bond acceptors (Lipinski definition) is 2. The second-order valence-corrected chi connectivity index (χ2v) is 4.57. The lowest BCUT2D eigenvalue weighted by atomic mass is 9.94. The quantitative estimate of drug-likeness (QED) is 0.706. The van der Waals surface area contributed by atoms with Crippen molar-refractivity contribution in [1.82, 2.24) is 0 Å². The molecule has 1 heterocycles. The van der Waals surface area contributed by atoms with E-state index in [0.717, 1.165) is 17.0 Å². The number of aryl methyl sites for hydroxylation is 1. The van der Waals surface area contributed by atoms with Gasteiger partial charge in [-0.25, -0.2) is 0 Å². The number of hydrogen-bond donors (Lipinski definition) is 1. The Labute approximate surface area is 89.4 Å². The zero-order valence-corrected chi connectivity index (χ0v) is 9.26. The van der Waals surface area contributed by atoms with E-state index in [-0.39, 0.29) is 5.91 Å². The molecule has 0 radical (unpaired) electrons. The van der Waals surface area contributed by atoms with Gasteiger partial charge in [0.1, 0.15) is 12.4 Å². The zero-order valence-electron chi connectivity index (χ0n) is 9.26. The van der Waals surface area contributed by atoms with Gasteiger partial charge in [-0.2, -0.15) is 0 Å². The molecule has 0 saturated heterocycles. The number of nitrogens with one attached hydrogen (secondary N) is 1. The first-order valence-corrected chi connectivity index (χ1v) is 5.04. The first-order chi connectivity index (χ1) is 7.00. The Hall–Kier alpha value is -1.51. The fourth-order valence-electron chi connectivity index (χ4n) is 1.53. The number of anilines is 1. The molecule has 15 heavy (non-hydrogen) atoms. The summed E-state index contributed by atoms with van der Waals surface area (Å²) in [5.41, 5.74) is 1.34. The van der Waals surface area contributed by atoms with Crippen molar-refractivity contribution in [2.45, 2.75) is 20.8 Å². The van der Waals surface area contributed by atoms with Gasteiger partial charge in [0, 0.05) is 0 Å². The van der Waals surface area contributed by atoms with E-state index in [4.69, 9.17) is 4.74 Å². The molecule has 0 aliphatic carbocycles. The van der Waals surface area contributed by atoms with Gasteiger partial charge in [0.05, 0.1) is 11.1 Å². The maximum absolute atomic E-state index is 11.9. The van der Waals surface area contributed by atoms with Gasteiger partial charge in [0.15, 0.2) is 0 Å². The summed E-state index contributed by atoms with van der Waals surface area (Å²) in [4.78, 5) is 11.9. The minimum absolute atomic E-state index is 0.00977. The number of para-hydroxylation sites is 1. The summed E-state index contributed by atoms with van der Waals surface area (Å²) in [6.45, 7) is 6.13. The average molecular weight is 205 g/mol. The molecule has 0 saturated carbocycles. The lowest BCUT2D eigenvalue weighted by Gasteiger charge is -2.18. The highest BCUT2D eigenvalue weighted by molar-refractivity contribution is 5.97. The van der Waals surface area contributed by atoms with E-state index in [0.29, 0.717) is 6.61 Å². The molecule has 0 atom stereocenters. The Morgan fingerprint density at radius 2 is 2.13 bits per heavy atom. The van der Waals surface area contributed by atoms with Crippen LogP contribution in [-0.4, -0.2) is 12.5 Å². The fourth-order valence-corrected chi connectivity index (χ4v) is 1.53. The third-order valence-electron chi connectivity index (χ3n) is 2.68. The molecule has 0 spiro atoms. The average Bonchev–Trinajstić information content (AvgIpc) is 2.28. The number of fused-ring (bicyclic) bond motifs is 1. The molecule has 0 fully saturated rings. The second-order valence-electron chi connectivity index (χ2n) is 4.57. The Bertz CT molecular complexity index is 410. The van der Waals surface area contributed by atoms with Crippen molar-refractivity contribution in [3.05, 3.63) is 23.8 Å². The molecule has 1 amide bonds. The van der Waals surface area contributed by atoms with Gasteiger partial charge in [0.25, 0.3) is 0 Å². The van der Waals surface area contributed by atoms with E-state index in [9.17, 15) is 4.79 Å². The Morgan fingerprint density at radius 3 is 2.87 bits per heavy atom. The molecule has 80 valence electrons. The molecule has 0 aromatic heterocycles. The first-order valence-electron chi connectivity index (χ1n) is 5.04. The van der Waals surface area contributed by atoms with Gasteiger partial charge < -0.3 is 10.1 Å². The SMILES string of the molecule is Cc1cccc2c1NC(=O)C(C)(C)CO2. The van der Waals surface area contributed by atoms with E-state index in [1.807, 2.05) is 39.0 Å². The molecule has 0 bridgehead atoms. The minimum Gasteiger partial charge on any atom is -0.490 e. The van der Waals surface area contributed by atoms with Crippen LogP contribution in [0.2, 0.25) is 0 Å². The number of ether oxygens (including phenoxy) is 1. The van der Waals surface area contributed by atoms with Gasteiger partial charge >= 0.3 is 0 Å². The van der Waals surface area contributed by atoms with Crippen LogP contribution in [0.4, 0.5) is 5.69 Å². The molecule has 1 N–H and O–H groups in total. The van der Waals surface area contributed by atoms with Crippen LogP contribution in [0.1, 0.15) is 19.4 Å². The molecule has 3 nitrogen and oxygen atoms in total. The summed E-state index contributed by atoms with van der Waals surface area (Å²) in [5.74, 6) is 0.768. The molecular formula is C12H15NO2. The van der Waals surface area contributed by atoms with Crippen molar-refractivity contribution < 1.29 is 9.53 Å². The predicted molar refractivity (Wildman–Crippen MR) is 59.1 cm³/mol. The summed E-state index contributed by atoms with van der Waals surface area (Å²) >= 11 is 0. The van der Waals surface area contributed by atoms with E-state index in [1.165, 1.54) is 0 Å². The van der Waals surface area contributed by atoms with Crippen LogP contribution < -0.4 is 10.1 Å². The molecule has 2 rings (SSSR count). The van der Waals surface area contributed by atoms with Crippen molar-refractivity contribution in [2.75, 3.05) is 11.9 Å². The van der Waals surface area contributed by atoms with Gasteiger partial charge in [0.2, 0.25) is 5.91 Å². The summed E-state index contributed by atoms with van der Waals surface area (Å²) in [6, 6.07) is 5.77. The van der Waals surface area contributed by atoms with Crippen LogP contribution in [0.15, 0.2) is 18.2 Å². The fraction of sp³-hybridized carbons (Fsp3) is 0.417. The van der Waals surface area contributed by atoms with Crippen LogP contribution in [0.3, 0.4) is 0 Å². The topological polar surface area (TPSA) is 38.3 Å². The van der Waals surface area contributed by atoms with Crippen molar-refractivity contribution >= 4 is 11.6 Å². The number of rotatable bonds is 0. The van der Waals surface area contributed by atoms with Crippen LogP contribution >= 0.6 is 0 Å². The lowest BCUT2D eigenvalue weighted by molar-refractivity contribution is -0.124. The zero-order chi connectivity index (χ0) is 11.1. The van der Waals surface area contributed by atoms with Gasteiger partial charge in [-0.15, -0.1) is 0 Å². The van der Waals surface area contributed by atoms with Crippen molar-refractivity contribution in [1.29, 1.82) is 0 Å². The molecule has 1 aliphatic rings. The standard InChI is InChI=1S/C12H15NO2/c1-8-5-4-6-9-10(8)13-11(14)12(2,3)7-15-9/h4-6H,7H2,1-3H3,(H,13,14). The van der Waals surface area contributed by atoms with E-state index in [1.54, 1.807) is 0 Å².